The smallest absolute Gasteiger partial charge is 0.407 e. The van der Waals surface area contributed by atoms with Gasteiger partial charge in [0.1, 0.15) is 17.2 Å². The summed E-state index contributed by atoms with van der Waals surface area (Å²) in [5.74, 6) is 0.593. The van der Waals surface area contributed by atoms with Crippen LogP contribution < -0.4 is 16.0 Å². The van der Waals surface area contributed by atoms with Crippen LogP contribution >= 0.6 is 27.5 Å². The molecule has 1 heterocycles. The fraction of sp³-hybridized carbons (Fsp3) is 0.455. The lowest BCUT2D eigenvalue weighted by Gasteiger charge is -2.33. The minimum absolute atomic E-state index is 0.0509. The van der Waals surface area contributed by atoms with Crippen molar-refractivity contribution in [1.29, 1.82) is 5.26 Å². The van der Waals surface area contributed by atoms with Crippen LogP contribution in [0.25, 0.3) is 0 Å². The van der Waals surface area contributed by atoms with Crippen molar-refractivity contribution in [2.45, 2.75) is 64.1 Å². The van der Waals surface area contributed by atoms with Crippen LogP contribution in [0.2, 0.25) is 5.15 Å². The number of nitrogens with zero attached hydrogens (tertiary/aromatic N) is 3. The third-order valence-corrected chi connectivity index (χ3v) is 5.61. The van der Waals surface area contributed by atoms with Crippen LogP contribution in [0.4, 0.5) is 22.2 Å². The Morgan fingerprint density at radius 2 is 1.97 bits per heavy atom. The molecule has 8 nitrogen and oxygen atoms in total. The Bertz CT molecular complexity index is 1020. The molecular weight excluding hydrogens is 496 g/mol. The number of carbonyl (C=O) groups is 1. The number of halogens is 2. The van der Waals surface area contributed by atoms with E-state index < -0.39 is 11.7 Å². The van der Waals surface area contributed by atoms with Gasteiger partial charge in [-0.25, -0.2) is 4.79 Å². The molecule has 1 aromatic heterocycles. The molecule has 3 N–H and O–H groups in total. The molecule has 1 aromatic carbocycles. The van der Waals surface area contributed by atoms with Gasteiger partial charge in [-0.3, -0.25) is 0 Å². The summed E-state index contributed by atoms with van der Waals surface area (Å²) < 4.78 is 6.29. The van der Waals surface area contributed by atoms with Gasteiger partial charge in [-0.05, 0) is 51.8 Å². The summed E-state index contributed by atoms with van der Waals surface area (Å²) in [4.78, 5) is 21.0. The average Bonchev–Trinajstić information content (AvgIpc) is 2.68. The number of aromatic nitrogens is 2. The number of benzene rings is 1. The number of carbonyl (C=O) groups excluding carboxylic acids is 1. The normalized spacial score (nSPS) is 18.4. The van der Waals surface area contributed by atoms with Gasteiger partial charge in [-0.1, -0.05) is 46.4 Å². The van der Waals surface area contributed by atoms with E-state index in [0.717, 1.165) is 35.8 Å². The number of ether oxygens (including phenoxy) is 1. The van der Waals surface area contributed by atoms with Gasteiger partial charge < -0.3 is 20.7 Å². The van der Waals surface area contributed by atoms with Gasteiger partial charge in [0, 0.05) is 16.2 Å². The van der Waals surface area contributed by atoms with Crippen molar-refractivity contribution in [2.75, 3.05) is 10.6 Å². The Morgan fingerprint density at radius 3 is 2.62 bits per heavy atom. The van der Waals surface area contributed by atoms with E-state index in [9.17, 15) is 10.1 Å². The van der Waals surface area contributed by atoms with E-state index in [0.29, 0.717) is 5.82 Å². The fourth-order valence-electron chi connectivity index (χ4n) is 3.49. The van der Waals surface area contributed by atoms with Gasteiger partial charge in [0.2, 0.25) is 5.95 Å². The predicted octanol–water partition coefficient (Wildman–Crippen LogP) is 5.76. The van der Waals surface area contributed by atoms with Gasteiger partial charge in [0.15, 0.2) is 11.0 Å². The topological polar surface area (TPSA) is 112 Å². The Morgan fingerprint density at radius 1 is 1.25 bits per heavy atom. The van der Waals surface area contributed by atoms with Crippen molar-refractivity contribution in [3.63, 3.8) is 0 Å². The summed E-state index contributed by atoms with van der Waals surface area (Å²) in [5.41, 5.74) is 0.335. The van der Waals surface area contributed by atoms with Gasteiger partial charge in [-0.15, -0.1) is 0 Å². The molecule has 1 aliphatic rings. The highest BCUT2D eigenvalue weighted by atomic mass is 79.9. The van der Waals surface area contributed by atoms with Crippen molar-refractivity contribution >= 4 is 51.1 Å². The molecule has 1 saturated carbocycles. The van der Waals surface area contributed by atoms with Crippen molar-refractivity contribution in [3.05, 3.63) is 39.5 Å². The molecule has 0 unspecified atom stereocenters. The van der Waals surface area contributed by atoms with Crippen molar-refractivity contribution in [3.8, 4) is 6.07 Å². The molecule has 0 radical (unpaired) electrons. The van der Waals surface area contributed by atoms with E-state index in [1.165, 1.54) is 0 Å². The van der Waals surface area contributed by atoms with E-state index in [1.807, 2.05) is 45.0 Å². The van der Waals surface area contributed by atoms with E-state index in [4.69, 9.17) is 16.3 Å². The molecule has 1 fully saturated rings. The SMILES string of the molecule is CC(C)(C)OC(=O)N[C@H]1CCCC[C@H]1Nc1nc(Cl)c(C#N)c(Nc2cccc(Br)c2)n1. The van der Waals surface area contributed by atoms with Crippen molar-refractivity contribution in [2.24, 2.45) is 0 Å². The molecule has 1 aliphatic carbocycles. The van der Waals surface area contributed by atoms with Crippen LogP contribution in [0, 0.1) is 11.3 Å². The lowest BCUT2D eigenvalue weighted by molar-refractivity contribution is 0.0488. The fourth-order valence-corrected chi connectivity index (χ4v) is 4.10. The number of hydrogen-bond acceptors (Lipinski definition) is 7. The van der Waals surface area contributed by atoms with Crippen LogP contribution in [-0.2, 0) is 4.74 Å². The molecular formula is C22H26BrClN6O2. The summed E-state index contributed by atoms with van der Waals surface area (Å²) in [5, 5.41) is 19.0. The molecule has 170 valence electrons. The molecule has 3 rings (SSSR count). The molecule has 10 heteroatoms. The number of amides is 1. The van der Waals surface area contributed by atoms with E-state index in [1.54, 1.807) is 0 Å². The van der Waals surface area contributed by atoms with Crippen LogP contribution in [0.3, 0.4) is 0 Å². The first-order valence-corrected chi connectivity index (χ1v) is 11.6. The summed E-state index contributed by atoms with van der Waals surface area (Å²) in [6.45, 7) is 5.49. The summed E-state index contributed by atoms with van der Waals surface area (Å²) >= 11 is 9.72. The highest BCUT2D eigenvalue weighted by Gasteiger charge is 2.29. The number of rotatable bonds is 5. The molecule has 0 aliphatic heterocycles. The summed E-state index contributed by atoms with van der Waals surface area (Å²) in [6, 6.07) is 9.31. The number of anilines is 3. The Kier molecular flexibility index (Phi) is 7.80. The van der Waals surface area contributed by atoms with Crippen molar-refractivity contribution < 1.29 is 9.53 Å². The first kappa shape index (κ1) is 24.1. The number of alkyl carbamates (subject to hydrolysis) is 1. The maximum absolute atomic E-state index is 12.3. The second-order valence-corrected chi connectivity index (χ2v) is 9.87. The molecule has 0 spiro atoms. The lowest BCUT2D eigenvalue weighted by Crippen LogP contribution is -2.50. The molecule has 1 amide bonds. The van der Waals surface area contributed by atoms with Gasteiger partial charge in [0.25, 0.3) is 0 Å². The van der Waals surface area contributed by atoms with Crippen LogP contribution in [0.15, 0.2) is 28.7 Å². The Hall–Kier alpha value is -2.57. The largest absolute Gasteiger partial charge is 0.444 e. The zero-order valence-corrected chi connectivity index (χ0v) is 20.5. The highest BCUT2D eigenvalue weighted by molar-refractivity contribution is 9.10. The van der Waals surface area contributed by atoms with E-state index >= 15 is 0 Å². The average molecular weight is 522 g/mol. The monoisotopic (exact) mass is 520 g/mol. The number of hydrogen-bond donors (Lipinski definition) is 3. The second-order valence-electron chi connectivity index (χ2n) is 8.60. The molecule has 0 bridgehead atoms. The lowest BCUT2D eigenvalue weighted by atomic mass is 9.90. The van der Waals surface area contributed by atoms with Crippen molar-refractivity contribution in [1.82, 2.24) is 15.3 Å². The zero-order valence-electron chi connectivity index (χ0n) is 18.2. The third kappa shape index (κ3) is 6.71. The molecule has 2 aromatic rings. The summed E-state index contributed by atoms with van der Waals surface area (Å²) in [6.07, 6.45) is 3.20. The van der Waals surface area contributed by atoms with Gasteiger partial charge in [0.05, 0.1) is 6.04 Å². The van der Waals surface area contributed by atoms with Gasteiger partial charge in [-0.2, -0.15) is 15.2 Å². The second kappa shape index (κ2) is 10.4. The maximum atomic E-state index is 12.3. The minimum Gasteiger partial charge on any atom is -0.444 e. The Balaban J connectivity index is 1.79. The first-order chi connectivity index (χ1) is 15.1. The zero-order chi connectivity index (χ0) is 23.3. The quantitative estimate of drug-likeness (QED) is 0.429. The Labute approximate surface area is 201 Å². The maximum Gasteiger partial charge on any atom is 0.407 e. The van der Waals surface area contributed by atoms with Gasteiger partial charge >= 0.3 is 6.09 Å². The minimum atomic E-state index is -0.571. The molecule has 0 saturated heterocycles. The molecule has 2 atom stereocenters. The standard InChI is InChI=1S/C22H26BrClN6O2/c1-22(2,3)32-21(31)28-17-10-5-4-9-16(17)27-20-29-18(24)15(12-25)19(30-20)26-14-8-6-7-13(23)11-14/h6-8,11,16-17H,4-5,9-10H2,1-3H3,(H,28,31)(H2,26,27,29,30)/t16-,17+/m1/s1. The van der Waals surface area contributed by atoms with E-state index in [2.05, 4.69) is 47.9 Å². The van der Waals surface area contributed by atoms with Crippen LogP contribution in [0.5, 0.6) is 0 Å². The first-order valence-electron chi connectivity index (χ1n) is 10.4. The highest BCUT2D eigenvalue weighted by Crippen LogP contribution is 2.28. The van der Waals surface area contributed by atoms with E-state index in [-0.39, 0.29) is 28.7 Å². The third-order valence-electron chi connectivity index (χ3n) is 4.85. The molecule has 32 heavy (non-hydrogen) atoms. The summed E-state index contributed by atoms with van der Waals surface area (Å²) in [7, 11) is 0. The number of nitriles is 1. The number of nitrogens with one attached hydrogen (secondary N) is 3. The predicted molar refractivity (Wildman–Crippen MR) is 128 cm³/mol. The van der Waals surface area contributed by atoms with Crippen LogP contribution in [-0.4, -0.2) is 33.7 Å². The van der Waals surface area contributed by atoms with Crippen LogP contribution in [0.1, 0.15) is 52.0 Å².